The van der Waals surface area contributed by atoms with Crippen molar-refractivity contribution in [3.63, 3.8) is 0 Å². The van der Waals surface area contributed by atoms with E-state index in [9.17, 15) is 0 Å². The summed E-state index contributed by atoms with van der Waals surface area (Å²) >= 11 is 5.84. The van der Waals surface area contributed by atoms with Crippen LogP contribution in [-0.2, 0) is 0 Å². The van der Waals surface area contributed by atoms with E-state index in [1.807, 2.05) is 30.3 Å². The predicted octanol–water partition coefficient (Wildman–Crippen LogP) is 4.90. The molecule has 0 saturated carbocycles. The van der Waals surface area contributed by atoms with Crippen molar-refractivity contribution < 1.29 is 0 Å². The first-order chi connectivity index (χ1) is 7.75. The molecule has 0 heterocycles. The zero-order valence-corrected chi connectivity index (χ0v) is 9.91. The van der Waals surface area contributed by atoms with E-state index in [4.69, 9.17) is 11.6 Å². The topological polar surface area (TPSA) is 0 Å². The second kappa shape index (κ2) is 5.00. The van der Waals surface area contributed by atoms with Gasteiger partial charge in [-0.2, -0.15) is 0 Å². The van der Waals surface area contributed by atoms with Crippen LogP contribution < -0.4 is 0 Å². The highest BCUT2D eigenvalue weighted by atomic mass is 35.5. The van der Waals surface area contributed by atoms with Crippen LogP contribution in [0.1, 0.15) is 18.1 Å². The lowest BCUT2D eigenvalue weighted by atomic mass is 10.0. The molecule has 16 heavy (non-hydrogen) atoms. The monoisotopic (exact) mass is 228 g/mol. The lowest BCUT2D eigenvalue weighted by Gasteiger charge is -2.01. The van der Waals surface area contributed by atoms with Crippen LogP contribution in [0.15, 0.2) is 54.6 Å². The Labute approximate surface area is 101 Å². The Morgan fingerprint density at radius 3 is 2.19 bits per heavy atom. The van der Waals surface area contributed by atoms with Gasteiger partial charge in [-0.3, -0.25) is 0 Å². The van der Waals surface area contributed by atoms with Gasteiger partial charge in [-0.1, -0.05) is 60.1 Å². The third-order valence-electron chi connectivity index (χ3n) is 2.48. The number of rotatable bonds is 2. The fraction of sp³-hybridized carbons (Fsp3) is 0.0667. The molecule has 2 rings (SSSR count). The summed E-state index contributed by atoms with van der Waals surface area (Å²) in [5.41, 5.74) is 3.67. The van der Waals surface area contributed by atoms with Crippen LogP contribution in [-0.4, -0.2) is 0 Å². The van der Waals surface area contributed by atoms with Gasteiger partial charge >= 0.3 is 0 Å². The van der Waals surface area contributed by atoms with Gasteiger partial charge in [-0.25, -0.2) is 0 Å². The molecular formula is C15H13Cl. The highest BCUT2D eigenvalue weighted by Crippen LogP contribution is 2.18. The normalized spacial score (nSPS) is 11.5. The lowest BCUT2D eigenvalue weighted by molar-refractivity contribution is 1.57. The van der Waals surface area contributed by atoms with Crippen molar-refractivity contribution in [3.8, 4) is 0 Å². The van der Waals surface area contributed by atoms with Gasteiger partial charge in [0.1, 0.15) is 0 Å². The van der Waals surface area contributed by atoms with E-state index < -0.39 is 0 Å². The van der Waals surface area contributed by atoms with Gasteiger partial charge < -0.3 is 0 Å². The van der Waals surface area contributed by atoms with Crippen molar-refractivity contribution in [2.24, 2.45) is 0 Å². The van der Waals surface area contributed by atoms with Crippen molar-refractivity contribution in [1.82, 2.24) is 0 Å². The van der Waals surface area contributed by atoms with Gasteiger partial charge in [0, 0.05) is 5.02 Å². The highest BCUT2D eigenvalue weighted by molar-refractivity contribution is 6.30. The Morgan fingerprint density at radius 2 is 1.56 bits per heavy atom. The average Bonchev–Trinajstić information content (AvgIpc) is 2.33. The van der Waals surface area contributed by atoms with E-state index >= 15 is 0 Å². The molecule has 0 nitrogen and oxygen atoms in total. The molecule has 0 aliphatic rings. The molecule has 0 fully saturated rings. The summed E-state index contributed by atoms with van der Waals surface area (Å²) in [7, 11) is 0. The van der Waals surface area contributed by atoms with E-state index in [1.54, 1.807) is 0 Å². The molecule has 0 amide bonds. The smallest absolute Gasteiger partial charge is 0.0406 e. The predicted molar refractivity (Wildman–Crippen MR) is 71.4 cm³/mol. The van der Waals surface area contributed by atoms with Gasteiger partial charge in [-0.15, -0.1) is 0 Å². The second-order valence-corrected chi connectivity index (χ2v) is 4.18. The minimum Gasteiger partial charge on any atom is -0.0843 e. The molecule has 2 aromatic rings. The quantitative estimate of drug-likeness (QED) is 0.642. The third kappa shape index (κ3) is 2.74. The Kier molecular flexibility index (Phi) is 3.43. The molecule has 0 bridgehead atoms. The van der Waals surface area contributed by atoms with Gasteiger partial charge in [0.15, 0.2) is 0 Å². The van der Waals surface area contributed by atoms with Crippen molar-refractivity contribution in [1.29, 1.82) is 0 Å². The summed E-state index contributed by atoms with van der Waals surface area (Å²) in [4.78, 5) is 0. The SMILES string of the molecule is CC(=Cc1ccc(Cl)cc1)c1ccccc1. The van der Waals surface area contributed by atoms with Crippen LogP contribution in [0.4, 0.5) is 0 Å². The Hall–Kier alpha value is -1.53. The van der Waals surface area contributed by atoms with Crippen molar-refractivity contribution >= 4 is 23.3 Å². The number of halogens is 1. The average molecular weight is 229 g/mol. The fourth-order valence-electron chi connectivity index (χ4n) is 1.59. The molecule has 0 radical (unpaired) electrons. The van der Waals surface area contributed by atoms with E-state index in [0.29, 0.717) is 0 Å². The molecule has 0 N–H and O–H groups in total. The number of benzene rings is 2. The first-order valence-corrected chi connectivity index (χ1v) is 5.63. The highest BCUT2D eigenvalue weighted by Gasteiger charge is 1.94. The first kappa shape index (κ1) is 11.0. The molecule has 0 unspecified atom stereocenters. The zero-order valence-electron chi connectivity index (χ0n) is 9.15. The maximum atomic E-state index is 5.84. The minimum absolute atomic E-state index is 0.773. The van der Waals surface area contributed by atoms with Crippen molar-refractivity contribution in [2.45, 2.75) is 6.92 Å². The van der Waals surface area contributed by atoms with Crippen LogP contribution in [0.2, 0.25) is 5.02 Å². The maximum Gasteiger partial charge on any atom is 0.0406 e. The largest absolute Gasteiger partial charge is 0.0843 e. The fourth-order valence-corrected chi connectivity index (χ4v) is 1.72. The van der Waals surface area contributed by atoms with Gasteiger partial charge in [0.05, 0.1) is 0 Å². The summed E-state index contributed by atoms with van der Waals surface area (Å²) in [5.74, 6) is 0. The number of hydrogen-bond acceptors (Lipinski definition) is 0. The molecule has 0 aromatic heterocycles. The summed E-state index contributed by atoms with van der Waals surface area (Å²) in [6.07, 6.45) is 2.16. The summed E-state index contributed by atoms with van der Waals surface area (Å²) in [6.45, 7) is 2.12. The van der Waals surface area contributed by atoms with E-state index in [2.05, 4.69) is 37.3 Å². The van der Waals surface area contributed by atoms with Gasteiger partial charge in [-0.05, 0) is 35.8 Å². The molecule has 0 aliphatic heterocycles. The Balaban J connectivity index is 2.28. The van der Waals surface area contributed by atoms with Crippen LogP contribution in [0.25, 0.3) is 11.6 Å². The van der Waals surface area contributed by atoms with Crippen molar-refractivity contribution in [2.75, 3.05) is 0 Å². The van der Waals surface area contributed by atoms with Gasteiger partial charge in [0.25, 0.3) is 0 Å². The molecular weight excluding hydrogens is 216 g/mol. The number of hydrogen-bond donors (Lipinski definition) is 0. The van der Waals surface area contributed by atoms with Crippen LogP contribution in [0.5, 0.6) is 0 Å². The first-order valence-electron chi connectivity index (χ1n) is 5.25. The van der Waals surface area contributed by atoms with Crippen molar-refractivity contribution in [3.05, 3.63) is 70.7 Å². The Bertz CT molecular complexity index is 481. The Morgan fingerprint density at radius 1 is 0.938 bits per heavy atom. The van der Waals surface area contributed by atoms with Gasteiger partial charge in [0.2, 0.25) is 0 Å². The molecule has 0 aliphatic carbocycles. The molecule has 0 atom stereocenters. The van der Waals surface area contributed by atoms with Crippen LogP contribution >= 0.6 is 11.6 Å². The maximum absolute atomic E-state index is 5.84. The molecule has 80 valence electrons. The summed E-state index contributed by atoms with van der Waals surface area (Å²) < 4.78 is 0. The van der Waals surface area contributed by atoms with Crippen LogP contribution in [0, 0.1) is 0 Å². The summed E-state index contributed by atoms with van der Waals surface area (Å²) in [5, 5.41) is 0.773. The second-order valence-electron chi connectivity index (χ2n) is 3.74. The molecule has 2 aromatic carbocycles. The third-order valence-corrected chi connectivity index (χ3v) is 2.73. The number of allylic oxidation sites excluding steroid dienone is 1. The standard InChI is InChI=1S/C15H13Cl/c1-12(14-5-3-2-4-6-14)11-13-7-9-15(16)10-8-13/h2-11H,1H3. The molecule has 0 saturated heterocycles. The van der Waals surface area contributed by atoms with E-state index in [0.717, 1.165) is 5.02 Å². The summed E-state index contributed by atoms with van der Waals surface area (Å²) in [6, 6.07) is 18.2. The lowest BCUT2D eigenvalue weighted by Crippen LogP contribution is -1.78. The van der Waals surface area contributed by atoms with E-state index in [-0.39, 0.29) is 0 Å². The van der Waals surface area contributed by atoms with E-state index in [1.165, 1.54) is 16.7 Å². The van der Waals surface area contributed by atoms with Crippen LogP contribution in [0.3, 0.4) is 0 Å². The minimum atomic E-state index is 0.773. The zero-order chi connectivity index (χ0) is 11.4. The molecule has 0 spiro atoms. The molecule has 1 heteroatoms.